The van der Waals surface area contributed by atoms with Gasteiger partial charge in [0.2, 0.25) is 5.91 Å². The summed E-state index contributed by atoms with van der Waals surface area (Å²) in [4.78, 5) is 14.7. The van der Waals surface area contributed by atoms with Crippen LogP contribution in [-0.4, -0.2) is 33.8 Å². The smallest absolute Gasteiger partial charge is 0.416 e. The van der Waals surface area contributed by atoms with E-state index in [1.54, 1.807) is 24.3 Å². The highest BCUT2D eigenvalue weighted by Gasteiger charge is 2.30. The molecule has 0 heterocycles. The molecule has 0 aliphatic carbocycles. The lowest BCUT2D eigenvalue weighted by molar-refractivity contribution is -0.137. The van der Waals surface area contributed by atoms with Gasteiger partial charge in [-0.1, -0.05) is 18.2 Å². The van der Waals surface area contributed by atoms with E-state index in [2.05, 4.69) is 0 Å². The number of hydrogen-bond acceptors (Lipinski definition) is 4. The van der Waals surface area contributed by atoms with Crippen LogP contribution in [-0.2, 0) is 23.8 Å². The van der Waals surface area contributed by atoms with Crippen LogP contribution >= 0.6 is 0 Å². The third-order valence-corrected chi connectivity index (χ3v) is 5.49. The number of carbonyl (C=O) groups excluding carboxylic acids is 1. The van der Waals surface area contributed by atoms with E-state index in [-0.39, 0.29) is 24.9 Å². The average Bonchev–Trinajstić information content (AvgIpc) is 2.84. The molecule has 0 aromatic heterocycles. The topological polar surface area (TPSA) is 48.0 Å². The molecule has 35 heavy (non-hydrogen) atoms. The van der Waals surface area contributed by atoms with Crippen molar-refractivity contribution in [2.24, 2.45) is 0 Å². The second-order valence-electron chi connectivity index (χ2n) is 7.66. The number of benzene rings is 3. The van der Waals surface area contributed by atoms with Gasteiger partial charge in [0.15, 0.2) is 11.5 Å². The molecule has 0 unspecified atom stereocenters. The van der Waals surface area contributed by atoms with E-state index in [4.69, 9.17) is 14.2 Å². The molecule has 0 saturated heterocycles. The molecule has 0 N–H and O–H groups in total. The highest BCUT2D eigenvalue weighted by molar-refractivity contribution is 5.95. The Kier molecular flexibility index (Phi) is 8.22. The fraction of sp³-hybridized carbons (Fsp3) is 0.269. The van der Waals surface area contributed by atoms with Crippen LogP contribution in [0.5, 0.6) is 17.2 Å². The van der Waals surface area contributed by atoms with Gasteiger partial charge in [-0.05, 0) is 47.9 Å². The van der Waals surface area contributed by atoms with Gasteiger partial charge in [-0.2, -0.15) is 13.2 Å². The Morgan fingerprint density at radius 3 is 2.11 bits per heavy atom. The fourth-order valence-electron chi connectivity index (χ4n) is 3.55. The Bertz CT molecular complexity index is 1160. The molecule has 9 heteroatoms. The van der Waals surface area contributed by atoms with Gasteiger partial charge in [-0.15, -0.1) is 0 Å². The van der Waals surface area contributed by atoms with Crippen LogP contribution in [0.3, 0.4) is 0 Å². The number of nitrogens with zero attached hydrogens (tertiary/aromatic N) is 1. The molecule has 0 aliphatic rings. The van der Waals surface area contributed by atoms with Crippen molar-refractivity contribution in [1.29, 1.82) is 0 Å². The number of methoxy groups -OCH3 is 3. The maximum Gasteiger partial charge on any atom is 0.416 e. The van der Waals surface area contributed by atoms with Crippen LogP contribution in [0.1, 0.15) is 16.7 Å². The molecule has 186 valence electrons. The van der Waals surface area contributed by atoms with Gasteiger partial charge in [0.25, 0.3) is 0 Å². The van der Waals surface area contributed by atoms with E-state index in [1.165, 1.54) is 50.5 Å². The molecule has 0 spiro atoms. The van der Waals surface area contributed by atoms with E-state index in [0.29, 0.717) is 28.5 Å². The van der Waals surface area contributed by atoms with Crippen molar-refractivity contribution in [2.75, 3.05) is 32.8 Å². The van der Waals surface area contributed by atoms with Gasteiger partial charge in [0, 0.05) is 24.4 Å². The first-order valence-corrected chi connectivity index (χ1v) is 10.7. The highest BCUT2D eigenvalue weighted by Crippen LogP contribution is 2.32. The van der Waals surface area contributed by atoms with Crippen LogP contribution in [0.4, 0.5) is 23.2 Å². The lowest BCUT2D eigenvalue weighted by atomic mass is 10.1. The Balaban J connectivity index is 1.87. The summed E-state index contributed by atoms with van der Waals surface area (Å²) in [7, 11) is 4.36. The van der Waals surface area contributed by atoms with E-state index in [9.17, 15) is 22.4 Å². The lowest BCUT2D eigenvalue weighted by Gasteiger charge is -2.24. The van der Waals surface area contributed by atoms with E-state index in [0.717, 1.165) is 12.1 Å². The SMILES string of the molecule is COc1ccc(CC(=O)N(CCc2ccc(C(F)(F)F)cc2)c2ccc(OC)c(OC)c2)c(F)c1. The van der Waals surface area contributed by atoms with E-state index >= 15 is 0 Å². The standard InChI is InChI=1S/C26H25F4NO4/c1-33-21-10-6-18(22(27)16-21)14-25(32)31(20-9-11-23(34-2)24(15-20)35-3)13-12-17-4-7-19(8-5-17)26(28,29)30/h4-11,15-16H,12-14H2,1-3H3. The zero-order valence-corrected chi connectivity index (χ0v) is 19.5. The molecule has 0 bridgehead atoms. The van der Waals surface area contributed by atoms with Crippen LogP contribution in [0, 0.1) is 5.82 Å². The van der Waals surface area contributed by atoms with Gasteiger partial charge in [0.05, 0.1) is 33.3 Å². The van der Waals surface area contributed by atoms with Crippen LogP contribution in [0.25, 0.3) is 0 Å². The first-order valence-electron chi connectivity index (χ1n) is 10.7. The minimum Gasteiger partial charge on any atom is -0.497 e. The molecular weight excluding hydrogens is 466 g/mol. The number of anilines is 1. The third kappa shape index (κ3) is 6.44. The maximum absolute atomic E-state index is 14.5. The minimum atomic E-state index is -4.43. The number of ether oxygens (including phenoxy) is 3. The molecule has 3 aromatic carbocycles. The predicted octanol–water partition coefficient (Wildman–Crippen LogP) is 5.69. The number of amides is 1. The number of alkyl halides is 3. The van der Waals surface area contributed by atoms with Gasteiger partial charge in [-0.3, -0.25) is 4.79 Å². The molecule has 3 aromatic rings. The normalized spacial score (nSPS) is 11.2. The van der Waals surface area contributed by atoms with Gasteiger partial charge in [-0.25, -0.2) is 4.39 Å². The van der Waals surface area contributed by atoms with Crippen LogP contribution < -0.4 is 19.1 Å². The average molecular weight is 491 g/mol. The molecule has 0 atom stereocenters. The third-order valence-electron chi connectivity index (χ3n) is 5.49. The first kappa shape index (κ1) is 25.9. The second-order valence-corrected chi connectivity index (χ2v) is 7.66. The predicted molar refractivity (Wildman–Crippen MR) is 124 cm³/mol. The van der Waals surface area contributed by atoms with Gasteiger partial charge < -0.3 is 19.1 Å². The summed E-state index contributed by atoms with van der Waals surface area (Å²) in [6, 6.07) is 13.9. The number of hydrogen-bond donors (Lipinski definition) is 0. The van der Waals surface area contributed by atoms with Crippen LogP contribution in [0.15, 0.2) is 60.7 Å². The van der Waals surface area contributed by atoms with E-state index < -0.39 is 23.5 Å². The quantitative estimate of drug-likeness (QED) is 0.361. The summed E-state index contributed by atoms with van der Waals surface area (Å²) in [6.07, 6.45) is -4.37. The molecule has 1 amide bonds. The van der Waals surface area contributed by atoms with Crippen molar-refractivity contribution in [3.8, 4) is 17.2 Å². The fourth-order valence-corrected chi connectivity index (χ4v) is 3.55. The molecule has 5 nitrogen and oxygen atoms in total. The van der Waals surface area contributed by atoms with Gasteiger partial charge >= 0.3 is 6.18 Å². The number of rotatable bonds is 9. The van der Waals surface area contributed by atoms with Crippen molar-refractivity contribution in [3.63, 3.8) is 0 Å². The summed E-state index contributed by atoms with van der Waals surface area (Å²) >= 11 is 0. The number of carbonyl (C=O) groups is 1. The zero-order valence-electron chi connectivity index (χ0n) is 19.5. The lowest BCUT2D eigenvalue weighted by Crippen LogP contribution is -2.34. The molecule has 0 saturated carbocycles. The summed E-state index contributed by atoms with van der Waals surface area (Å²) in [5, 5.41) is 0. The Labute approximate surface area is 200 Å². The molecule has 0 fully saturated rings. The van der Waals surface area contributed by atoms with Crippen molar-refractivity contribution in [3.05, 3.63) is 83.2 Å². The van der Waals surface area contributed by atoms with Crippen LogP contribution in [0.2, 0.25) is 0 Å². The van der Waals surface area contributed by atoms with Gasteiger partial charge in [0.1, 0.15) is 11.6 Å². The Morgan fingerprint density at radius 2 is 1.54 bits per heavy atom. The summed E-state index contributed by atoms with van der Waals surface area (Å²) in [6.45, 7) is 0.150. The Hall–Kier alpha value is -3.75. The van der Waals surface area contributed by atoms with Crippen molar-refractivity contribution in [1.82, 2.24) is 0 Å². The van der Waals surface area contributed by atoms with Crippen molar-refractivity contribution in [2.45, 2.75) is 19.0 Å². The molecule has 0 aliphatic heterocycles. The summed E-state index contributed by atoms with van der Waals surface area (Å²) in [5.74, 6) is 0.221. The first-order chi connectivity index (χ1) is 16.7. The van der Waals surface area contributed by atoms with Crippen molar-refractivity contribution >= 4 is 11.6 Å². The Morgan fingerprint density at radius 1 is 0.857 bits per heavy atom. The molecule has 3 rings (SSSR count). The molecule has 0 radical (unpaired) electrons. The summed E-state index contributed by atoms with van der Waals surface area (Å²) in [5.41, 5.74) is 0.542. The van der Waals surface area contributed by atoms with E-state index in [1.807, 2.05) is 0 Å². The maximum atomic E-state index is 14.5. The second kappa shape index (κ2) is 11.1. The monoisotopic (exact) mass is 491 g/mol. The molecular formula is C26H25F4NO4. The summed E-state index contributed by atoms with van der Waals surface area (Å²) < 4.78 is 68.7. The largest absolute Gasteiger partial charge is 0.497 e. The minimum absolute atomic E-state index is 0.150. The highest BCUT2D eigenvalue weighted by atomic mass is 19.4. The zero-order chi connectivity index (χ0) is 25.6. The number of halogens is 4. The van der Waals surface area contributed by atoms with Crippen molar-refractivity contribution < 1.29 is 36.6 Å².